The van der Waals surface area contributed by atoms with Crippen molar-refractivity contribution in [2.75, 3.05) is 13.1 Å². The lowest BCUT2D eigenvalue weighted by atomic mass is 10.2. The third kappa shape index (κ3) is 2.65. The Balaban J connectivity index is 1.69. The Labute approximate surface area is 110 Å². The summed E-state index contributed by atoms with van der Waals surface area (Å²) in [5, 5.41) is 22.9. The zero-order valence-corrected chi connectivity index (χ0v) is 10.3. The summed E-state index contributed by atoms with van der Waals surface area (Å²) in [7, 11) is 0. The number of aliphatic hydroxyl groups is 2. The van der Waals surface area contributed by atoms with E-state index in [0.717, 1.165) is 5.56 Å². The van der Waals surface area contributed by atoms with Gasteiger partial charge in [0.2, 0.25) is 0 Å². The molecule has 6 heteroatoms. The van der Waals surface area contributed by atoms with Crippen LogP contribution < -0.4 is 0 Å². The van der Waals surface area contributed by atoms with Crippen LogP contribution in [0, 0.1) is 0 Å². The fourth-order valence-electron chi connectivity index (χ4n) is 2.19. The number of benzene rings is 1. The minimum atomic E-state index is -0.694. The van der Waals surface area contributed by atoms with E-state index in [1.807, 2.05) is 35.2 Å². The summed E-state index contributed by atoms with van der Waals surface area (Å²) in [6, 6.07) is 9.55. The molecule has 0 spiro atoms. The molecule has 1 aromatic carbocycles. The molecule has 3 rings (SSSR count). The van der Waals surface area contributed by atoms with Crippen molar-refractivity contribution >= 4 is 0 Å². The molecule has 1 aliphatic heterocycles. The fraction of sp³-hybridized carbons (Fsp3) is 0.385. The van der Waals surface area contributed by atoms with E-state index in [9.17, 15) is 10.2 Å². The van der Waals surface area contributed by atoms with Crippen molar-refractivity contribution in [1.29, 1.82) is 0 Å². The SMILES string of the molecule is OC1CN(Cc2noc(-c3ccccc3)n2)CC1O. The van der Waals surface area contributed by atoms with Gasteiger partial charge in [-0.1, -0.05) is 23.4 Å². The van der Waals surface area contributed by atoms with Crippen molar-refractivity contribution in [1.82, 2.24) is 15.0 Å². The number of likely N-dealkylation sites (tertiary alicyclic amines) is 1. The quantitative estimate of drug-likeness (QED) is 0.825. The van der Waals surface area contributed by atoms with Crippen LogP contribution in [-0.2, 0) is 6.54 Å². The first-order valence-corrected chi connectivity index (χ1v) is 6.19. The predicted octanol–water partition coefficient (Wildman–Crippen LogP) is 0.274. The van der Waals surface area contributed by atoms with Crippen molar-refractivity contribution in [3.63, 3.8) is 0 Å². The minimum absolute atomic E-state index is 0.427. The Morgan fingerprint density at radius 1 is 1.16 bits per heavy atom. The highest BCUT2D eigenvalue weighted by molar-refractivity contribution is 5.51. The van der Waals surface area contributed by atoms with Gasteiger partial charge < -0.3 is 14.7 Å². The van der Waals surface area contributed by atoms with E-state index in [2.05, 4.69) is 10.1 Å². The molecule has 1 saturated heterocycles. The molecule has 1 fully saturated rings. The maximum atomic E-state index is 9.47. The Kier molecular flexibility index (Phi) is 3.29. The lowest BCUT2D eigenvalue weighted by Gasteiger charge is -2.10. The highest BCUT2D eigenvalue weighted by Gasteiger charge is 2.30. The molecule has 2 aromatic rings. The molecule has 0 saturated carbocycles. The summed E-state index contributed by atoms with van der Waals surface area (Å²) in [5.74, 6) is 1.04. The zero-order chi connectivity index (χ0) is 13.2. The van der Waals surface area contributed by atoms with Crippen LogP contribution in [0.5, 0.6) is 0 Å². The van der Waals surface area contributed by atoms with Gasteiger partial charge in [-0.15, -0.1) is 0 Å². The van der Waals surface area contributed by atoms with Crippen molar-refractivity contribution in [2.24, 2.45) is 0 Å². The van der Waals surface area contributed by atoms with Crippen LogP contribution in [-0.4, -0.2) is 50.6 Å². The summed E-state index contributed by atoms with van der Waals surface area (Å²) in [6.45, 7) is 1.32. The van der Waals surface area contributed by atoms with E-state index in [1.54, 1.807) is 0 Å². The van der Waals surface area contributed by atoms with Crippen LogP contribution in [0.25, 0.3) is 11.5 Å². The minimum Gasteiger partial charge on any atom is -0.389 e. The topological polar surface area (TPSA) is 82.6 Å². The fourth-order valence-corrected chi connectivity index (χ4v) is 2.19. The third-order valence-corrected chi connectivity index (χ3v) is 3.19. The second kappa shape index (κ2) is 5.08. The molecule has 1 aromatic heterocycles. The average molecular weight is 261 g/mol. The first-order chi connectivity index (χ1) is 9.22. The van der Waals surface area contributed by atoms with E-state index < -0.39 is 12.2 Å². The molecule has 2 heterocycles. The van der Waals surface area contributed by atoms with Crippen molar-refractivity contribution in [3.05, 3.63) is 36.2 Å². The normalized spacial score (nSPS) is 23.9. The van der Waals surface area contributed by atoms with Crippen LogP contribution in [0.15, 0.2) is 34.9 Å². The molecule has 6 nitrogen and oxygen atoms in total. The number of hydrogen-bond donors (Lipinski definition) is 2. The zero-order valence-electron chi connectivity index (χ0n) is 10.3. The van der Waals surface area contributed by atoms with E-state index >= 15 is 0 Å². The van der Waals surface area contributed by atoms with Gasteiger partial charge in [0.25, 0.3) is 5.89 Å². The molecule has 100 valence electrons. The molecule has 1 aliphatic rings. The predicted molar refractivity (Wildman–Crippen MR) is 67.0 cm³/mol. The van der Waals surface area contributed by atoms with Gasteiger partial charge >= 0.3 is 0 Å². The van der Waals surface area contributed by atoms with Crippen molar-refractivity contribution < 1.29 is 14.7 Å². The first kappa shape index (κ1) is 12.3. The van der Waals surface area contributed by atoms with Gasteiger partial charge in [0.1, 0.15) is 0 Å². The van der Waals surface area contributed by atoms with Gasteiger partial charge in [0.05, 0.1) is 18.8 Å². The van der Waals surface area contributed by atoms with E-state index in [1.165, 1.54) is 0 Å². The lowest BCUT2D eigenvalue weighted by Crippen LogP contribution is -2.22. The lowest BCUT2D eigenvalue weighted by molar-refractivity contribution is 0.0572. The van der Waals surface area contributed by atoms with Crippen LogP contribution >= 0.6 is 0 Å². The Morgan fingerprint density at radius 2 is 1.84 bits per heavy atom. The average Bonchev–Trinajstić information content (AvgIpc) is 2.99. The van der Waals surface area contributed by atoms with Gasteiger partial charge in [-0.2, -0.15) is 4.98 Å². The highest BCUT2D eigenvalue weighted by Crippen LogP contribution is 2.18. The Morgan fingerprint density at radius 3 is 2.53 bits per heavy atom. The molecule has 0 radical (unpaired) electrons. The summed E-state index contributed by atoms with van der Waals surface area (Å²) < 4.78 is 5.20. The van der Waals surface area contributed by atoms with E-state index in [0.29, 0.717) is 31.3 Å². The largest absolute Gasteiger partial charge is 0.389 e. The Bertz CT molecular complexity index is 533. The number of hydrogen-bond acceptors (Lipinski definition) is 6. The number of aliphatic hydroxyl groups excluding tert-OH is 2. The van der Waals surface area contributed by atoms with Gasteiger partial charge in [0, 0.05) is 18.7 Å². The monoisotopic (exact) mass is 261 g/mol. The smallest absolute Gasteiger partial charge is 0.257 e. The molecule has 2 atom stereocenters. The third-order valence-electron chi connectivity index (χ3n) is 3.19. The summed E-state index contributed by atoms with van der Waals surface area (Å²) >= 11 is 0. The molecular weight excluding hydrogens is 246 g/mol. The van der Waals surface area contributed by atoms with Crippen LogP contribution in [0.2, 0.25) is 0 Å². The molecule has 0 bridgehead atoms. The second-order valence-electron chi connectivity index (χ2n) is 4.71. The molecular formula is C13H15N3O3. The summed E-state index contributed by atoms with van der Waals surface area (Å²) in [5.41, 5.74) is 0.878. The molecule has 2 unspecified atom stereocenters. The van der Waals surface area contributed by atoms with Gasteiger partial charge in [-0.05, 0) is 12.1 Å². The van der Waals surface area contributed by atoms with E-state index in [4.69, 9.17) is 4.52 Å². The van der Waals surface area contributed by atoms with E-state index in [-0.39, 0.29) is 0 Å². The summed E-state index contributed by atoms with van der Waals surface area (Å²) in [4.78, 5) is 6.21. The highest BCUT2D eigenvalue weighted by atomic mass is 16.5. The maximum absolute atomic E-state index is 9.47. The first-order valence-electron chi connectivity index (χ1n) is 6.19. The van der Waals surface area contributed by atoms with Gasteiger partial charge in [-0.3, -0.25) is 4.90 Å². The number of β-amino-alcohol motifs (C(OH)–C–C–N with tert-alkyl or cyclic N) is 2. The van der Waals surface area contributed by atoms with Gasteiger partial charge in [0.15, 0.2) is 5.82 Å². The van der Waals surface area contributed by atoms with Crippen molar-refractivity contribution in [3.8, 4) is 11.5 Å². The standard InChI is InChI=1S/C13H15N3O3/c17-10-6-16(7-11(10)18)8-12-14-13(19-15-12)9-4-2-1-3-5-9/h1-5,10-11,17-18H,6-8H2. The maximum Gasteiger partial charge on any atom is 0.257 e. The van der Waals surface area contributed by atoms with Crippen molar-refractivity contribution in [2.45, 2.75) is 18.8 Å². The molecule has 0 aliphatic carbocycles. The molecule has 2 N–H and O–H groups in total. The Hall–Kier alpha value is -1.76. The number of nitrogens with zero attached hydrogens (tertiary/aromatic N) is 3. The molecule has 19 heavy (non-hydrogen) atoms. The second-order valence-corrected chi connectivity index (χ2v) is 4.71. The number of aromatic nitrogens is 2. The van der Waals surface area contributed by atoms with Crippen LogP contribution in [0.1, 0.15) is 5.82 Å². The summed E-state index contributed by atoms with van der Waals surface area (Å²) in [6.07, 6.45) is -1.39. The van der Waals surface area contributed by atoms with Crippen LogP contribution in [0.3, 0.4) is 0 Å². The number of rotatable bonds is 3. The van der Waals surface area contributed by atoms with Gasteiger partial charge in [-0.25, -0.2) is 0 Å². The van der Waals surface area contributed by atoms with Crippen LogP contribution in [0.4, 0.5) is 0 Å². The molecule has 0 amide bonds.